The van der Waals surface area contributed by atoms with E-state index in [9.17, 15) is 14.3 Å². The van der Waals surface area contributed by atoms with E-state index in [1.807, 2.05) is 11.9 Å². The van der Waals surface area contributed by atoms with Crippen molar-refractivity contribution in [1.29, 1.82) is 0 Å². The van der Waals surface area contributed by atoms with Crippen molar-refractivity contribution in [3.63, 3.8) is 0 Å². The molecule has 1 aliphatic heterocycles. The molecule has 150 valence electrons. The van der Waals surface area contributed by atoms with E-state index in [2.05, 4.69) is 16.3 Å². The predicted octanol–water partition coefficient (Wildman–Crippen LogP) is 2.41. The number of aromatic amines is 1. The minimum absolute atomic E-state index is 0.183. The summed E-state index contributed by atoms with van der Waals surface area (Å²) in [4.78, 5) is 16.5. The van der Waals surface area contributed by atoms with Crippen molar-refractivity contribution in [3.8, 4) is 0 Å². The SMILES string of the molecule is CN(Cc1cc(C2CC2)n[nH]1)C[C@]1(O)CCCN(Cc2ccccc2F)C1=O. The summed E-state index contributed by atoms with van der Waals surface area (Å²) in [7, 11) is 1.89. The molecule has 1 amide bonds. The van der Waals surface area contributed by atoms with Gasteiger partial charge in [0.25, 0.3) is 5.91 Å². The summed E-state index contributed by atoms with van der Waals surface area (Å²) >= 11 is 0. The summed E-state index contributed by atoms with van der Waals surface area (Å²) in [5.74, 6) is -0.0595. The van der Waals surface area contributed by atoms with Crippen molar-refractivity contribution in [2.24, 2.45) is 0 Å². The molecule has 0 spiro atoms. The maximum atomic E-state index is 14.0. The lowest BCUT2D eigenvalue weighted by molar-refractivity contribution is -0.160. The van der Waals surface area contributed by atoms with E-state index in [1.54, 1.807) is 23.1 Å². The fourth-order valence-electron chi connectivity index (χ4n) is 4.04. The normalized spacial score (nSPS) is 22.9. The number of H-pyrrole nitrogens is 1. The first-order valence-electron chi connectivity index (χ1n) is 9.92. The molecule has 1 aromatic carbocycles. The minimum atomic E-state index is -1.45. The molecule has 6 nitrogen and oxygen atoms in total. The number of carbonyl (C=O) groups is 1. The van der Waals surface area contributed by atoms with Crippen LogP contribution >= 0.6 is 0 Å². The Kier molecular flexibility index (Phi) is 5.21. The summed E-state index contributed by atoms with van der Waals surface area (Å²) in [6, 6.07) is 8.53. The van der Waals surface area contributed by atoms with E-state index in [4.69, 9.17) is 0 Å². The van der Waals surface area contributed by atoms with E-state index in [1.165, 1.54) is 18.9 Å². The third-order valence-electron chi connectivity index (χ3n) is 5.64. The number of benzene rings is 1. The van der Waals surface area contributed by atoms with Crippen LogP contribution in [0.2, 0.25) is 0 Å². The summed E-state index contributed by atoms with van der Waals surface area (Å²) in [6.07, 6.45) is 3.51. The number of amides is 1. The highest BCUT2D eigenvalue weighted by Gasteiger charge is 2.43. The van der Waals surface area contributed by atoms with Crippen molar-refractivity contribution in [1.82, 2.24) is 20.0 Å². The lowest BCUT2D eigenvalue weighted by Crippen LogP contribution is -2.57. The monoisotopic (exact) mass is 386 g/mol. The number of hydrogen-bond acceptors (Lipinski definition) is 4. The molecular formula is C21H27FN4O2. The molecule has 2 fully saturated rings. The van der Waals surface area contributed by atoms with Gasteiger partial charge >= 0.3 is 0 Å². The average molecular weight is 386 g/mol. The van der Waals surface area contributed by atoms with E-state index in [0.29, 0.717) is 37.4 Å². The number of carbonyl (C=O) groups excluding carboxylic acids is 1. The van der Waals surface area contributed by atoms with Crippen LogP contribution in [0.5, 0.6) is 0 Å². The van der Waals surface area contributed by atoms with Crippen LogP contribution in [0.3, 0.4) is 0 Å². The second-order valence-electron chi connectivity index (χ2n) is 8.22. The third kappa shape index (κ3) is 4.10. The van der Waals surface area contributed by atoms with Crippen LogP contribution in [0.4, 0.5) is 4.39 Å². The standard InChI is InChI=1S/C21H27FN4O2/c1-25(13-17-11-19(24-23-17)15-7-8-15)14-21(28)9-4-10-26(20(21)27)12-16-5-2-3-6-18(16)22/h2-3,5-6,11,15,28H,4,7-10,12-14H2,1H3,(H,23,24)/t21-/m1/s1. The lowest BCUT2D eigenvalue weighted by Gasteiger charge is -2.40. The van der Waals surface area contributed by atoms with Crippen molar-refractivity contribution in [2.45, 2.75) is 50.3 Å². The Hall–Kier alpha value is -2.25. The molecule has 2 heterocycles. The lowest BCUT2D eigenvalue weighted by atomic mass is 9.90. The van der Waals surface area contributed by atoms with Crippen molar-refractivity contribution >= 4 is 5.91 Å². The molecule has 1 saturated heterocycles. The summed E-state index contributed by atoms with van der Waals surface area (Å²) in [5.41, 5.74) is 1.11. The van der Waals surface area contributed by atoms with Crippen LogP contribution < -0.4 is 0 Å². The highest BCUT2D eigenvalue weighted by molar-refractivity contribution is 5.86. The van der Waals surface area contributed by atoms with Crippen LogP contribution in [-0.2, 0) is 17.9 Å². The fourth-order valence-corrected chi connectivity index (χ4v) is 4.04. The Morgan fingerprint density at radius 1 is 1.39 bits per heavy atom. The van der Waals surface area contributed by atoms with Crippen LogP contribution in [0.1, 0.15) is 48.6 Å². The van der Waals surface area contributed by atoms with Crippen molar-refractivity contribution < 1.29 is 14.3 Å². The molecule has 28 heavy (non-hydrogen) atoms. The van der Waals surface area contributed by atoms with Crippen molar-refractivity contribution in [2.75, 3.05) is 20.1 Å². The number of rotatable bonds is 7. The van der Waals surface area contributed by atoms with Gasteiger partial charge in [-0.3, -0.25) is 14.8 Å². The topological polar surface area (TPSA) is 72.5 Å². The molecule has 4 rings (SSSR count). The molecule has 0 bridgehead atoms. The highest BCUT2D eigenvalue weighted by atomic mass is 19.1. The number of aromatic nitrogens is 2. The number of hydrogen-bond donors (Lipinski definition) is 2. The number of halogens is 1. The van der Waals surface area contributed by atoms with Gasteiger partial charge in [-0.05, 0) is 44.9 Å². The van der Waals surface area contributed by atoms with Gasteiger partial charge in [-0.15, -0.1) is 0 Å². The van der Waals surface area contributed by atoms with Crippen LogP contribution in [-0.4, -0.2) is 56.7 Å². The van der Waals surface area contributed by atoms with E-state index in [0.717, 1.165) is 11.4 Å². The van der Waals surface area contributed by atoms with Crippen LogP contribution in [0.15, 0.2) is 30.3 Å². The van der Waals surface area contributed by atoms with Gasteiger partial charge in [0.1, 0.15) is 5.82 Å². The van der Waals surface area contributed by atoms with Gasteiger partial charge in [-0.2, -0.15) is 5.10 Å². The first-order valence-corrected chi connectivity index (χ1v) is 9.92. The van der Waals surface area contributed by atoms with Gasteiger partial charge in [-0.25, -0.2) is 4.39 Å². The van der Waals surface area contributed by atoms with E-state index >= 15 is 0 Å². The first-order chi connectivity index (χ1) is 13.4. The van der Waals surface area contributed by atoms with Gasteiger partial charge in [0.05, 0.1) is 5.69 Å². The van der Waals surface area contributed by atoms with Gasteiger partial charge < -0.3 is 10.0 Å². The van der Waals surface area contributed by atoms with E-state index in [-0.39, 0.29) is 24.8 Å². The number of nitrogens with zero attached hydrogens (tertiary/aromatic N) is 3. The van der Waals surface area contributed by atoms with Crippen LogP contribution in [0.25, 0.3) is 0 Å². The molecule has 2 N–H and O–H groups in total. The van der Waals surface area contributed by atoms with Gasteiger partial charge in [0, 0.05) is 43.4 Å². The number of aliphatic hydroxyl groups is 1. The quantitative estimate of drug-likeness (QED) is 0.767. The highest BCUT2D eigenvalue weighted by Crippen LogP contribution is 2.39. The first kappa shape index (κ1) is 19.1. The second-order valence-corrected chi connectivity index (χ2v) is 8.22. The fraction of sp³-hybridized carbons (Fsp3) is 0.524. The van der Waals surface area contributed by atoms with Crippen LogP contribution in [0, 0.1) is 5.82 Å². The van der Waals surface area contributed by atoms with Gasteiger partial charge in [0.15, 0.2) is 5.60 Å². The zero-order valence-corrected chi connectivity index (χ0v) is 16.2. The van der Waals surface area contributed by atoms with E-state index < -0.39 is 5.60 Å². The Morgan fingerprint density at radius 2 is 2.18 bits per heavy atom. The summed E-state index contributed by atoms with van der Waals surface area (Å²) in [6.45, 7) is 1.54. The number of likely N-dealkylation sites (N-methyl/N-ethyl adjacent to an activating group) is 1. The average Bonchev–Trinajstić information content (AvgIpc) is 3.41. The number of likely N-dealkylation sites (tertiary alicyclic amines) is 1. The number of nitrogens with one attached hydrogen (secondary N) is 1. The van der Waals surface area contributed by atoms with Gasteiger partial charge in [0.2, 0.25) is 0 Å². The predicted molar refractivity (Wildman–Crippen MR) is 103 cm³/mol. The maximum absolute atomic E-state index is 14.0. The second kappa shape index (κ2) is 7.64. The molecule has 2 aliphatic rings. The Balaban J connectivity index is 1.39. The molecule has 2 aromatic rings. The molecule has 7 heteroatoms. The molecular weight excluding hydrogens is 359 g/mol. The zero-order chi connectivity index (χ0) is 19.7. The Labute approximate surface area is 164 Å². The zero-order valence-electron chi connectivity index (χ0n) is 16.2. The smallest absolute Gasteiger partial charge is 0.256 e. The number of piperidine rings is 1. The van der Waals surface area contributed by atoms with Gasteiger partial charge in [-0.1, -0.05) is 18.2 Å². The molecule has 1 aromatic heterocycles. The molecule has 1 aliphatic carbocycles. The van der Waals surface area contributed by atoms with Crippen molar-refractivity contribution in [3.05, 3.63) is 53.1 Å². The Morgan fingerprint density at radius 3 is 2.93 bits per heavy atom. The largest absolute Gasteiger partial charge is 0.379 e. The summed E-state index contributed by atoms with van der Waals surface area (Å²) < 4.78 is 14.0. The minimum Gasteiger partial charge on any atom is -0.379 e. The molecule has 0 radical (unpaired) electrons. The molecule has 0 unspecified atom stereocenters. The summed E-state index contributed by atoms with van der Waals surface area (Å²) in [5, 5.41) is 18.5. The molecule has 1 saturated carbocycles. The Bertz CT molecular complexity index is 850. The molecule has 1 atom stereocenters. The third-order valence-corrected chi connectivity index (χ3v) is 5.64. The maximum Gasteiger partial charge on any atom is 0.256 e.